The molecule has 1 aliphatic heterocycles. The second-order valence-corrected chi connectivity index (χ2v) is 11.9. The van der Waals surface area contributed by atoms with Crippen molar-refractivity contribution in [3.63, 3.8) is 0 Å². The molecule has 0 aliphatic carbocycles. The fourth-order valence-electron chi connectivity index (χ4n) is 4.54. The number of nitrogens with zero attached hydrogens (tertiary/aromatic N) is 1. The number of para-hydroxylation sites is 1. The number of sulfonamides is 1. The van der Waals surface area contributed by atoms with E-state index in [4.69, 9.17) is 5.73 Å². The van der Waals surface area contributed by atoms with E-state index < -0.39 is 27.7 Å². The van der Waals surface area contributed by atoms with Crippen molar-refractivity contribution >= 4 is 56.3 Å². The van der Waals surface area contributed by atoms with Gasteiger partial charge in [0.15, 0.2) is 0 Å². The number of carbonyl (C=O) groups is 2. The number of nitrogens with one attached hydrogen (secondary N) is 2. The monoisotopic (exact) mass is 600 g/mol. The number of hydrogen-bond acceptors (Lipinski definition) is 6. The molecule has 0 spiro atoms. The van der Waals surface area contributed by atoms with Gasteiger partial charge in [-0.15, -0.1) is 23.7 Å². The molecule has 3 aromatic carbocycles. The minimum Gasteiger partial charge on any atom is -0.365 e. The van der Waals surface area contributed by atoms with Gasteiger partial charge in [0.2, 0.25) is 0 Å². The normalized spacial score (nSPS) is 13.1. The lowest BCUT2D eigenvalue weighted by molar-refractivity contribution is 0.0999. The van der Waals surface area contributed by atoms with Gasteiger partial charge in [-0.05, 0) is 53.9 Å². The number of halogens is 2. The topological polar surface area (TPSA) is 122 Å². The Labute approximate surface area is 241 Å². The van der Waals surface area contributed by atoms with Crippen LogP contribution in [0.15, 0.2) is 83.8 Å². The summed E-state index contributed by atoms with van der Waals surface area (Å²) in [5, 5.41) is 3.11. The van der Waals surface area contributed by atoms with Crippen LogP contribution in [0.25, 0.3) is 0 Å². The Balaban J connectivity index is 0.00000370. The highest BCUT2D eigenvalue weighted by Crippen LogP contribution is 2.38. The number of carbonyl (C=O) groups excluding carboxylic acids is 2. The zero-order chi connectivity index (χ0) is 27.6. The minimum atomic E-state index is -4.09. The Hall–Kier alpha value is -3.77. The van der Waals surface area contributed by atoms with E-state index in [1.54, 1.807) is 12.1 Å². The third-order valence-electron chi connectivity index (χ3n) is 6.40. The molecule has 2 heterocycles. The molecule has 8 nitrogen and oxygen atoms in total. The summed E-state index contributed by atoms with van der Waals surface area (Å²) in [5.41, 5.74) is 8.11. The molecule has 4 N–H and O–H groups in total. The van der Waals surface area contributed by atoms with E-state index >= 15 is 0 Å². The lowest BCUT2D eigenvalue weighted by atomic mass is 10.0. The average Bonchev–Trinajstić information content (AvgIpc) is 3.27. The first-order valence-electron chi connectivity index (χ1n) is 12.1. The molecule has 2 amide bonds. The molecule has 4 aromatic rings. The molecule has 0 bridgehead atoms. The number of amides is 2. The summed E-state index contributed by atoms with van der Waals surface area (Å²) >= 11 is 1.30. The molecule has 0 saturated heterocycles. The Morgan fingerprint density at radius 2 is 1.65 bits per heavy atom. The third-order valence-corrected chi connectivity index (χ3v) is 8.91. The molecular formula is C28H26ClFN4O4S2. The molecule has 40 heavy (non-hydrogen) atoms. The minimum absolute atomic E-state index is 0. The zero-order valence-electron chi connectivity index (χ0n) is 21.1. The van der Waals surface area contributed by atoms with E-state index in [0.717, 1.165) is 47.8 Å². The summed E-state index contributed by atoms with van der Waals surface area (Å²) in [4.78, 5) is 28.8. The highest BCUT2D eigenvalue weighted by atomic mass is 35.5. The summed E-state index contributed by atoms with van der Waals surface area (Å²) in [5.74, 6) is -1.81. The van der Waals surface area contributed by atoms with Crippen molar-refractivity contribution in [2.24, 2.45) is 5.73 Å². The molecule has 1 aliphatic rings. The van der Waals surface area contributed by atoms with E-state index in [1.165, 1.54) is 29.0 Å². The van der Waals surface area contributed by atoms with Gasteiger partial charge in [-0.25, -0.2) is 12.8 Å². The van der Waals surface area contributed by atoms with Crippen molar-refractivity contribution in [2.75, 3.05) is 16.6 Å². The molecule has 5 rings (SSSR count). The first kappa shape index (κ1) is 29.2. The lowest BCUT2D eigenvalue weighted by Gasteiger charge is -2.27. The molecule has 0 unspecified atom stereocenters. The smallest absolute Gasteiger partial charge is 0.261 e. The van der Waals surface area contributed by atoms with E-state index in [2.05, 4.69) is 27.1 Å². The summed E-state index contributed by atoms with van der Waals surface area (Å²) in [6.45, 7) is 2.10. The number of nitrogens with two attached hydrogens (primary N) is 1. The van der Waals surface area contributed by atoms with E-state index in [1.807, 2.05) is 18.2 Å². The first-order chi connectivity index (χ1) is 18.7. The maximum atomic E-state index is 13.3. The Morgan fingerprint density at radius 3 is 2.35 bits per heavy atom. The van der Waals surface area contributed by atoms with E-state index in [-0.39, 0.29) is 34.1 Å². The molecule has 0 saturated carbocycles. The molecule has 0 radical (unpaired) electrons. The summed E-state index contributed by atoms with van der Waals surface area (Å²) in [6.07, 6.45) is 0.612. The number of thiophene rings is 1. The number of fused-ring (bicyclic) bond motifs is 1. The summed E-state index contributed by atoms with van der Waals surface area (Å²) in [7, 11) is -4.09. The SMILES string of the molecule is Cl.NC(=O)c1c(NC(=O)c2ccccc2NS(=O)(=O)c2ccc(F)cc2)sc2c1CCN(Cc1ccccc1)C2. The summed E-state index contributed by atoms with van der Waals surface area (Å²) in [6, 6.07) is 20.5. The second kappa shape index (κ2) is 12.2. The molecule has 1 aromatic heterocycles. The van der Waals surface area contributed by atoms with Gasteiger partial charge in [-0.3, -0.25) is 19.2 Å². The molecule has 208 valence electrons. The number of anilines is 2. The van der Waals surface area contributed by atoms with Crippen molar-refractivity contribution in [2.45, 2.75) is 24.4 Å². The second-order valence-electron chi connectivity index (χ2n) is 9.08. The average molecular weight is 601 g/mol. The zero-order valence-corrected chi connectivity index (χ0v) is 23.5. The molecule has 0 atom stereocenters. The Morgan fingerprint density at radius 1 is 0.975 bits per heavy atom. The van der Waals surface area contributed by atoms with Crippen molar-refractivity contribution in [3.05, 3.63) is 112 Å². The van der Waals surface area contributed by atoms with Gasteiger partial charge in [0.25, 0.3) is 21.8 Å². The fraction of sp³-hybridized carbons (Fsp3) is 0.143. The van der Waals surface area contributed by atoms with Crippen LogP contribution < -0.4 is 15.8 Å². The molecule has 12 heteroatoms. The number of hydrogen-bond donors (Lipinski definition) is 3. The van der Waals surface area contributed by atoms with Gasteiger partial charge in [0.1, 0.15) is 10.8 Å². The van der Waals surface area contributed by atoms with Crippen LogP contribution >= 0.6 is 23.7 Å². The van der Waals surface area contributed by atoms with Gasteiger partial charge in [0, 0.05) is 24.5 Å². The quantitative estimate of drug-likeness (QED) is 0.262. The first-order valence-corrected chi connectivity index (χ1v) is 14.4. The molecule has 0 fully saturated rings. The summed E-state index contributed by atoms with van der Waals surface area (Å²) < 4.78 is 41.4. The lowest BCUT2D eigenvalue weighted by Crippen LogP contribution is -2.30. The Bertz CT molecular complexity index is 1640. The van der Waals surface area contributed by atoms with Crippen LogP contribution in [-0.4, -0.2) is 31.7 Å². The van der Waals surface area contributed by atoms with Crippen LogP contribution in [0.5, 0.6) is 0 Å². The maximum Gasteiger partial charge on any atom is 0.261 e. The van der Waals surface area contributed by atoms with Gasteiger partial charge >= 0.3 is 0 Å². The van der Waals surface area contributed by atoms with Crippen LogP contribution in [0, 0.1) is 5.82 Å². The number of primary amides is 1. The van der Waals surface area contributed by atoms with Crippen LogP contribution in [-0.2, 0) is 29.5 Å². The van der Waals surface area contributed by atoms with Crippen LogP contribution in [0.2, 0.25) is 0 Å². The standard InChI is InChI=1S/C28H25FN4O4S2.ClH/c29-19-10-12-20(13-11-19)39(36,37)32-23-9-5-4-8-21(23)27(35)31-28-25(26(30)34)22-14-15-33(17-24(22)38-28)16-18-6-2-1-3-7-18;/h1-13,32H,14-17H2,(H2,30,34)(H,31,35);1H. The van der Waals surface area contributed by atoms with Crippen molar-refractivity contribution in [1.29, 1.82) is 0 Å². The van der Waals surface area contributed by atoms with Gasteiger partial charge in [0.05, 0.1) is 21.7 Å². The highest BCUT2D eigenvalue weighted by molar-refractivity contribution is 7.92. The number of rotatable bonds is 8. The van der Waals surface area contributed by atoms with Crippen molar-refractivity contribution in [1.82, 2.24) is 4.90 Å². The Kier molecular flexibility index (Phi) is 8.89. The van der Waals surface area contributed by atoms with Crippen LogP contribution in [0.4, 0.5) is 15.1 Å². The van der Waals surface area contributed by atoms with E-state index in [9.17, 15) is 22.4 Å². The van der Waals surface area contributed by atoms with Crippen molar-refractivity contribution < 1.29 is 22.4 Å². The highest BCUT2D eigenvalue weighted by Gasteiger charge is 2.28. The van der Waals surface area contributed by atoms with Gasteiger partial charge in [-0.1, -0.05) is 42.5 Å². The van der Waals surface area contributed by atoms with Crippen LogP contribution in [0.3, 0.4) is 0 Å². The van der Waals surface area contributed by atoms with Gasteiger partial charge in [-0.2, -0.15) is 0 Å². The third kappa shape index (κ3) is 6.34. The predicted molar refractivity (Wildman–Crippen MR) is 156 cm³/mol. The largest absolute Gasteiger partial charge is 0.365 e. The maximum absolute atomic E-state index is 13.3. The van der Waals surface area contributed by atoms with Crippen molar-refractivity contribution in [3.8, 4) is 0 Å². The van der Waals surface area contributed by atoms with E-state index in [0.29, 0.717) is 18.0 Å². The number of benzene rings is 3. The predicted octanol–water partition coefficient (Wildman–Crippen LogP) is 5.02. The van der Waals surface area contributed by atoms with Crippen LogP contribution in [0.1, 0.15) is 36.7 Å². The molecular weight excluding hydrogens is 575 g/mol. The van der Waals surface area contributed by atoms with Gasteiger partial charge < -0.3 is 11.1 Å². The fourth-order valence-corrected chi connectivity index (χ4v) is 6.91.